The minimum atomic E-state index is -0.894. The molecule has 1 fully saturated rings. The zero-order chi connectivity index (χ0) is 28.3. The van der Waals surface area contributed by atoms with Crippen molar-refractivity contribution in [3.05, 3.63) is 84.2 Å². The number of fused-ring (bicyclic) bond motifs is 2. The first-order valence-corrected chi connectivity index (χ1v) is 13.8. The zero-order valence-electron chi connectivity index (χ0n) is 23.0. The highest BCUT2D eigenvalue weighted by Crippen LogP contribution is 2.35. The van der Waals surface area contributed by atoms with Crippen LogP contribution in [-0.4, -0.2) is 64.1 Å². The molecule has 210 valence electrons. The largest absolute Gasteiger partial charge is 0.487 e. The van der Waals surface area contributed by atoms with Crippen molar-refractivity contribution in [3.8, 4) is 16.9 Å². The molecule has 1 saturated heterocycles. The van der Waals surface area contributed by atoms with Gasteiger partial charge in [-0.3, -0.25) is 14.4 Å². The molecule has 3 heterocycles. The van der Waals surface area contributed by atoms with Gasteiger partial charge in [-0.25, -0.2) is 4.98 Å². The third-order valence-corrected chi connectivity index (χ3v) is 7.83. The van der Waals surface area contributed by atoms with Gasteiger partial charge in [0.2, 0.25) is 0 Å². The Morgan fingerprint density at radius 3 is 2.80 bits per heavy atom. The van der Waals surface area contributed by atoms with Crippen molar-refractivity contribution in [1.29, 1.82) is 0 Å². The molecule has 1 aliphatic heterocycles. The molecule has 1 unspecified atom stereocenters. The van der Waals surface area contributed by atoms with Gasteiger partial charge in [0.1, 0.15) is 18.2 Å². The first kappa shape index (κ1) is 26.7. The van der Waals surface area contributed by atoms with Gasteiger partial charge in [-0.15, -0.1) is 0 Å². The van der Waals surface area contributed by atoms with Gasteiger partial charge < -0.3 is 20.3 Å². The molecule has 0 bridgehead atoms. The summed E-state index contributed by atoms with van der Waals surface area (Å²) >= 11 is 0. The average molecular weight is 552 g/mol. The summed E-state index contributed by atoms with van der Waals surface area (Å²) < 4.78 is 13.7. The van der Waals surface area contributed by atoms with E-state index in [0.29, 0.717) is 23.7 Å². The highest BCUT2D eigenvalue weighted by Gasteiger charge is 2.27. The summed E-state index contributed by atoms with van der Waals surface area (Å²) in [7, 11) is 1.73. The van der Waals surface area contributed by atoms with Crippen molar-refractivity contribution in [2.75, 3.05) is 39.1 Å². The number of hydrogen-bond donors (Lipinski definition) is 2. The molecule has 9 heteroatoms. The Balaban J connectivity index is 1.41. The van der Waals surface area contributed by atoms with Gasteiger partial charge in [-0.1, -0.05) is 42.5 Å². The number of methoxy groups -OCH3 is 1. The molecule has 0 radical (unpaired) electrons. The van der Waals surface area contributed by atoms with E-state index < -0.39 is 5.97 Å². The predicted molar refractivity (Wildman–Crippen MR) is 159 cm³/mol. The van der Waals surface area contributed by atoms with E-state index in [1.807, 2.05) is 36.4 Å². The number of likely N-dealkylation sites (tertiary alicyclic amines) is 1. The number of aliphatic carboxylic acids is 1. The fourth-order valence-electron chi connectivity index (χ4n) is 5.78. The molecule has 6 rings (SSSR count). The van der Waals surface area contributed by atoms with E-state index in [-0.39, 0.29) is 19.1 Å². The highest BCUT2D eigenvalue weighted by atomic mass is 16.5. The maximum absolute atomic E-state index is 11.5. The number of aromatic nitrogens is 3. The van der Waals surface area contributed by atoms with E-state index in [0.717, 1.165) is 64.6 Å². The van der Waals surface area contributed by atoms with E-state index in [1.165, 1.54) is 0 Å². The molecular formula is C32H33N5O4. The van der Waals surface area contributed by atoms with E-state index in [4.69, 9.17) is 20.3 Å². The number of pyridine rings is 1. The van der Waals surface area contributed by atoms with Gasteiger partial charge >= 0.3 is 5.97 Å². The van der Waals surface area contributed by atoms with Crippen molar-refractivity contribution in [1.82, 2.24) is 19.7 Å². The van der Waals surface area contributed by atoms with Gasteiger partial charge in [-0.05, 0) is 47.2 Å². The Morgan fingerprint density at radius 1 is 1.07 bits per heavy atom. The second kappa shape index (κ2) is 11.6. The molecule has 1 aliphatic rings. The van der Waals surface area contributed by atoms with Crippen molar-refractivity contribution in [2.24, 2.45) is 0 Å². The molecule has 1 atom stereocenters. The van der Waals surface area contributed by atoms with Gasteiger partial charge in [0, 0.05) is 49.3 Å². The van der Waals surface area contributed by atoms with Crippen LogP contribution in [0.3, 0.4) is 0 Å². The number of carbonyl (C=O) groups is 1. The van der Waals surface area contributed by atoms with Crippen LogP contribution in [-0.2, 0) is 22.6 Å². The molecule has 0 aliphatic carbocycles. The van der Waals surface area contributed by atoms with E-state index in [2.05, 4.69) is 38.8 Å². The van der Waals surface area contributed by atoms with Crippen LogP contribution >= 0.6 is 0 Å². The van der Waals surface area contributed by atoms with Crippen LogP contribution in [0.1, 0.15) is 23.7 Å². The van der Waals surface area contributed by atoms with Crippen molar-refractivity contribution in [2.45, 2.75) is 25.5 Å². The Labute approximate surface area is 238 Å². The van der Waals surface area contributed by atoms with Crippen LogP contribution < -0.4 is 10.5 Å². The minimum Gasteiger partial charge on any atom is -0.487 e. The summed E-state index contributed by atoms with van der Waals surface area (Å²) in [6.07, 6.45) is 2.61. The Hall–Kier alpha value is -4.47. The van der Waals surface area contributed by atoms with E-state index >= 15 is 0 Å². The van der Waals surface area contributed by atoms with Crippen LogP contribution in [0.25, 0.3) is 32.8 Å². The number of nitrogens with zero attached hydrogens (tertiary/aromatic N) is 4. The van der Waals surface area contributed by atoms with Crippen LogP contribution in [0, 0.1) is 0 Å². The van der Waals surface area contributed by atoms with Gasteiger partial charge in [0.05, 0.1) is 30.3 Å². The summed E-state index contributed by atoms with van der Waals surface area (Å²) in [4.78, 5) is 18.1. The number of nitrogens with two attached hydrogens (primary N) is 1. The standard InChI is InChI=1S/C32H33N5O4/c1-40-16-15-36-14-12-23(19-36)37-29(20-41-30-8-3-2-5-22(30)18-31(38)39)27-17-21(9-10-28(27)35-37)24-6-4-7-26-25(24)11-13-34-32(26)33/h2-11,13,17,23H,12,14-16,18-20H2,1H3,(H2,33,34)(H,38,39). The number of carboxylic acids is 1. The number of anilines is 1. The fourth-order valence-corrected chi connectivity index (χ4v) is 5.78. The molecule has 0 amide bonds. The summed E-state index contributed by atoms with van der Waals surface area (Å²) in [6.45, 7) is 3.69. The van der Waals surface area contributed by atoms with Gasteiger partial charge in [0.15, 0.2) is 0 Å². The molecule has 0 spiro atoms. The summed E-state index contributed by atoms with van der Waals surface area (Å²) in [6, 6.07) is 21.9. The van der Waals surface area contributed by atoms with Crippen molar-refractivity contribution >= 4 is 33.5 Å². The minimum absolute atomic E-state index is 0.101. The maximum atomic E-state index is 11.5. The lowest BCUT2D eigenvalue weighted by Crippen LogP contribution is -2.26. The topological polar surface area (TPSA) is 116 Å². The normalized spacial score (nSPS) is 15.6. The fraction of sp³-hybridized carbons (Fsp3) is 0.281. The number of carboxylic acid groups (broad SMARTS) is 1. The number of benzene rings is 3. The van der Waals surface area contributed by atoms with Crippen molar-refractivity contribution in [3.63, 3.8) is 0 Å². The molecule has 3 aromatic carbocycles. The first-order chi connectivity index (χ1) is 20.0. The molecule has 41 heavy (non-hydrogen) atoms. The quantitative estimate of drug-likeness (QED) is 0.251. The third-order valence-electron chi connectivity index (χ3n) is 7.83. The lowest BCUT2D eigenvalue weighted by Gasteiger charge is -2.18. The number of rotatable bonds is 10. The average Bonchev–Trinajstić information content (AvgIpc) is 3.59. The second-order valence-corrected chi connectivity index (χ2v) is 10.4. The SMILES string of the molecule is COCCN1CCC(n2nc3ccc(-c4cccc5c(N)nccc45)cc3c2COc2ccccc2CC(=O)O)C1. The Kier molecular flexibility index (Phi) is 7.54. The smallest absolute Gasteiger partial charge is 0.307 e. The molecule has 9 nitrogen and oxygen atoms in total. The van der Waals surface area contributed by atoms with Crippen LogP contribution in [0.4, 0.5) is 5.82 Å². The Bertz CT molecular complexity index is 1720. The summed E-state index contributed by atoms with van der Waals surface area (Å²) in [5.41, 5.74) is 10.8. The monoisotopic (exact) mass is 551 g/mol. The number of para-hydroxylation sites is 1. The van der Waals surface area contributed by atoms with Crippen LogP contribution in [0.5, 0.6) is 5.75 Å². The lowest BCUT2D eigenvalue weighted by molar-refractivity contribution is -0.136. The van der Waals surface area contributed by atoms with Crippen molar-refractivity contribution < 1.29 is 19.4 Å². The molecule has 0 saturated carbocycles. The predicted octanol–water partition coefficient (Wildman–Crippen LogP) is 4.93. The summed E-state index contributed by atoms with van der Waals surface area (Å²) in [5, 5.41) is 17.4. The summed E-state index contributed by atoms with van der Waals surface area (Å²) in [5.74, 6) is 0.179. The third kappa shape index (κ3) is 5.46. The zero-order valence-corrected chi connectivity index (χ0v) is 23.0. The van der Waals surface area contributed by atoms with Gasteiger partial charge in [-0.2, -0.15) is 5.10 Å². The van der Waals surface area contributed by atoms with Crippen LogP contribution in [0.2, 0.25) is 0 Å². The lowest BCUT2D eigenvalue weighted by atomic mass is 9.97. The number of nitrogen functional groups attached to an aromatic ring is 1. The molecule has 5 aromatic rings. The second-order valence-electron chi connectivity index (χ2n) is 10.4. The highest BCUT2D eigenvalue weighted by molar-refractivity contribution is 6.02. The van der Waals surface area contributed by atoms with E-state index in [1.54, 1.807) is 19.4 Å². The Morgan fingerprint density at radius 2 is 1.95 bits per heavy atom. The molecular weight excluding hydrogens is 518 g/mol. The maximum Gasteiger partial charge on any atom is 0.307 e. The number of ether oxygens (including phenoxy) is 2. The van der Waals surface area contributed by atoms with Gasteiger partial charge in [0.25, 0.3) is 0 Å². The number of hydrogen-bond acceptors (Lipinski definition) is 7. The first-order valence-electron chi connectivity index (χ1n) is 13.8. The van der Waals surface area contributed by atoms with E-state index in [9.17, 15) is 9.90 Å². The molecule has 2 aromatic heterocycles. The molecule has 3 N–H and O–H groups in total. The van der Waals surface area contributed by atoms with Crippen LogP contribution in [0.15, 0.2) is 72.9 Å².